The fourth-order valence-corrected chi connectivity index (χ4v) is 2.13. The summed E-state index contributed by atoms with van der Waals surface area (Å²) in [7, 11) is 1.60. The maximum atomic E-state index is 12.0. The highest BCUT2D eigenvalue weighted by Gasteiger charge is 2.08. The van der Waals surface area contributed by atoms with Crippen LogP contribution >= 0.6 is 11.6 Å². The zero-order valence-electron chi connectivity index (χ0n) is 11.2. The van der Waals surface area contributed by atoms with E-state index in [1.807, 2.05) is 48.5 Å². The maximum absolute atomic E-state index is 12.0. The van der Waals surface area contributed by atoms with Gasteiger partial charge in [-0.05, 0) is 23.8 Å². The molecule has 1 amide bonds. The van der Waals surface area contributed by atoms with E-state index < -0.39 is 0 Å². The van der Waals surface area contributed by atoms with Crippen molar-refractivity contribution in [3.8, 4) is 5.75 Å². The summed E-state index contributed by atoms with van der Waals surface area (Å²) >= 11 is 5.78. The van der Waals surface area contributed by atoms with Crippen LogP contribution in [0.5, 0.6) is 5.75 Å². The first-order valence-electron chi connectivity index (χ1n) is 6.29. The van der Waals surface area contributed by atoms with Crippen LogP contribution in [0.15, 0.2) is 48.5 Å². The van der Waals surface area contributed by atoms with Crippen LogP contribution < -0.4 is 10.1 Å². The minimum atomic E-state index is -0.0822. The standard InChI is InChI=1S/C16H16ClNO2/c1-20-15-8-3-2-6-13(15)10-16(19)18-14-7-4-5-12(9-14)11-17/h2-9H,10-11H2,1H3,(H,18,19). The summed E-state index contributed by atoms with van der Waals surface area (Å²) in [4.78, 5) is 12.0. The van der Waals surface area contributed by atoms with Crippen LogP contribution in [0.3, 0.4) is 0 Å². The van der Waals surface area contributed by atoms with Crippen molar-refractivity contribution in [2.45, 2.75) is 12.3 Å². The molecule has 0 heterocycles. The zero-order valence-corrected chi connectivity index (χ0v) is 12.0. The van der Waals surface area contributed by atoms with Crippen molar-refractivity contribution in [1.29, 1.82) is 0 Å². The highest BCUT2D eigenvalue weighted by Crippen LogP contribution is 2.19. The Morgan fingerprint density at radius 1 is 1.20 bits per heavy atom. The topological polar surface area (TPSA) is 38.3 Å². The van der Waals surface area contributed by atoms with Crippen LogP contribution in [-0.4, -0.2) is 13.0 Å². The minimum Gasteiger partial charge on any atom is -0.496 e. The Labute approximate surface area is 123 Å². The Bertz CT molecular complexity index is 599. The van der Waals surface area contributed by atoms with Gasteiger partial charge in [-0.25, -0.2) is 0 Å². The van der Waals surface area contributed by atoms with Gasteiger partial charge in [0.15, 0.2) is 0 Å². The molecule has 0 fully saturated rings. The molecule has 1 N–H and O–H groups in total. The van der Waals surface area contributed by atoms with Crippen molar-refractivity contribution in [1.82, 2.24) is 0 Å². The highest BCUT2D eigenvalue weighted by atomic mass is 35.5. The minimum absolute atomic E-state index is 0.0822. The van der Waals surface area contributed by atoms with Gasteiger partial charge in [-0.1, -0.05) is 30.3 Å². The van der Waals surface area contributed by atoms with Gasteiger partial charge < -0.3 is 10.1 Å². The van der Waals surface area contributed by atoms with Crippen LogP contribution in [0.2, 0.25) is 0 Å². The summed E-state index contributed by atoms with van der Waals surface area (Å²) < 4.78 is 5.24. The molecular formula is C16H16ClNO2. The van der Waals surface area contributed by atoms with Gasteiger partial charge in [-0.3, -0.25) is 4.79 Å². The van der Waals surface area contributed by atoms with Gasteiger partial charge in [0.05, 0.1) is 13.5 Å². The third-order valence-corrected chi connectivity index (χ3v) is 3.22. The second-order valence-electron chi connectivity index (χ2n) is 4.37. The molecule has 0 aromatic heterocycles. The first-order chi connectivity index (χ1) is 9.72. The Morgan fingerprint density at radius 2 is 2.00 bits per heavy atom. The van der Waals surface area contributed by atoms with Crippen LogP contribution in [0.25, 0.3) is 0 Å². The summed E-state index contributed by atoms with van der Waals surface area (Å²) in [5.74, 6) is 1.06. The molecule has 0 unspecified atom stereocenters. The first-order valence-corrected chi connectivity index (χ1v) is 6.83. The number of amides is 1. The lowest BCUT2D eigenvalue weighted by Gasteiger charge is -2.09. The monoisotopic (exact) mass is 289 g/mol. The summed E-state index contributed by atoms with van der Waals surface area (Å²) in [6, 6.07) is 15.0. The molecule has 0 aliphatic heterocycles. The molecule has 0 radical (unpaired) electrons. The number of hydrogen-bond donors (Lipinski definition) is 1. The van der Waals surface area contributed by atoms with Gasteiger partial charge in [0.2, 0.25) is 5.91 Å². The highest BCUT2D eigenvalue weighted by molar-refractivity contribution is 6.17. The van der Waals surface area contributed by atoms with E-state index in [2.05, 4.69) is 5.32 Å². The van der Waals surface area contributed by atoms with E-state index in [9.17, 15) is 4.79 Å². The molecule has 0 spiro atoms. The molecule has 104 valence electrons. The molecule has 2 aromatic rings. The van der Waals surface area contributed by atoms with Gasteiger partial charge in [-0.15, -0.1) is 11.6 Å². The van der Waals surface area contributed by atoms with Crippen LogP contribution in [-0.2, 0) is 17.1 Å². The number of ether oxygens (including phenoxy) is 1. The Balaban J connectivity index is 2.05. The predicted octanol–water partition coefficient (Wildman–Crippen LogP) is 3.62. The average molecular weight is 290 g/mol. The maximum Gasteiger partial charge on any atom is 0.228 e. The normalized spacial score (nSPS) is 10.1. The Kier molecular flexibility index (Phi) is 5.02. The summed E-state index contributed by atoms with van der Waals surface area (Å²) in [6.45, 7) is 0. The fraction of sp³-hybridized carbons (Fsp3) is 0.188. The van der Waals surface area contributed by atoms with Gasteiger partial charge >= 0.3 is 0 Å². The lowest BCUT2D eigenvalue weighted by atomic mass is 10.1. The fourth-order valence-electron chi connectivity index (χ4n) is 1.96. The van der Waals surface area contributed by atoms with Gasteiger partial charge in [-0.2, -0.15) is 0 Å². The smallest absolute Gasteiger partial charge is 0.228 e. The molecule has 2 aromatic carbocycles. The molecule has 0 bridgehead atoms. The van der Waals surface area contributed by atoms with E-state index in [1.54, 1.807) is 7.11 Å². The molecule has 0 saturated heterocycles. The second kappa shape index (κ2) is 6.96. The molecule has 2 rings (SSSR count). The Morgan fingerprint density at radius 3 is 2.75 bits per heavy atom. The van der Waals surface area contributed by atoms with Crippen molar-refractivity contribution in [3.63, 3.8) is 0 Å². The lowest BCUT2D eigenvalue weighted by molar-refractivity contribution is -0.115. The number of alkyl halides is 1. The van der Waals surface area contributed by atoms with Crippen molar-refractivity contribution in [3.05, 3.63) is 59.7 Å². The average Bonchev–Trinajstić information content (AvgIpc) is 2.48. The third-order valence-electron chi connectivity index (χ3n) is 2.91. The molecule has 0 saturated carbocycles. The number of para-hydroxylation sites is 1. The van der Waals surface area contributed by atoms with E-state index in [1.165, 1.54) is 0 Å². The number of halogens is 1. The van der Waals surface area contributed by atoms with E-state index in [-0.39, 0.29) is 12.3 Å². The SMILES string of the molecule is COc1ccccc1CC(=O)Nc1cccc(CCl)c1. The molecule has 20 heavy (non-hydrogen) atoms. The Hall–Kier alpha value is -2.00. The number of benzene rings is 2. The number of carbonyl (C=O) groups is 1. The molecule has 0 atom stereocenters. The van der Waals surface area contributed by atoms with E-state index in [4.69, 9.17) is 16.3 Å². The number of nitrogens with one attached hydrogen (secondary N) is 1. The number of rotatable bonds is 5. The van der Waals surface area contributed by atoms with E-state index >= 15 is 0 Å². The van der Waals surface area contributed by atoms with Crippen molar-refractivity contribution in [2.75, 3.05) is 12.4 Å². The van der Waals surface area contributed by atoms with Crippen molar-refractivity contribution in [2.24, 2.45) is 0 Å². The number of methoxy groups -OCH3 is 1. The molecule has 3 nitrogen and oxygen atoms in total. The van der Waals surface area contributed by atoms with Crippen molar-refractivity contribution < 1.29 is 9.53 Å². The van der Waals surface area contributed by atoms with Gasteiger partial charge in [0, 0.05) is 17.1 Å². The predicted molar refractivity (Wildman–Crippen MR) is 81.3 cm³/mol. The van der Waals surface area contributed by atoms with Crippen LogP contribution in [0.1, 0.15) is 11.1 Å². The summed E-state index contributed by atoms with van der Waals surface area (Å²) in [5.41, 5.74) is 2.59. The quantitative estimate of drug-likeness (QED) is 0.854. The zero-order chi connectivity index (χ0) is 14.4. The van der Waals surface area contributed by atoms with Gasteiger partial charge in [0.25, 0.3) is 0 Å². The first kappa shape index (κ1) is 14.4. The number of anilines is 1. The number of hydrogen-bond acceptors (Lipinski definition) is 2. The van der Waals surface area contributed by atoms with Crippen LogP contribution in [0, 0.1) is 0 Å². The third kappa shape index (κ3) is 3.75. The lowest BCUT2D eigenvalue weighted by Crippen LogP contribution is -2.15. The van der Waals surface area contributed by atoms with Gasteiger partial charge in [0.1, 0.15) is 5.75 Å². The summed E-state index contributed by atoms with van der Waals surface area (Å²) in [6.07, 6.45) is 0.273. The molecule has 4 heteroatoms. The largest absolute Gasteiger partial charge is 0.496 e. The molecule has 0 aliphatic carbocycles. The second-order valence-corrected chi connectivity index (χ2v) is 4.64. The van der Waals surface area contributed by atoms with E-state index in [0.717, 1.165) is 22.6 Å². The molecular weight excluding hydrogens is 274 g/mol. The molecule has 0 aliphatic rings. The van der Waals surface area contributed by atoms with Crippen molar-refractivity contribution >= 4 is 23.2 Å². The number of carbonyl (C=O) groups excluding carboxylic acids is 1. The van der Waals surface area contributed by atoms with Crippen LogP contribution in [0.4, 0.5) is 5.69 Å². The van der Waals surface area contributed by atoms with E-state index in [0.29, 0.717) is 5.88 Å². The summed E-state index contributed by atoms with van der Waals surface area (Å²) in [5, 5.41) is 2.86.